The predicted octanol–water partition coefficient (Wildman–Crippen LogP) is 4.50. The van der Waals surface area contributed by atoms with E-state index in [4.69, 9.17) is 9.47 Å². The number of benzene rings is 2. The minimum Gasteiger partial charge on any atom is -0.493 e. The van der Waals surface area contributed by atoms with Gasteiger partial charge >= 0.3 is 0 Å². The van der Waals surface area contributed by atoms with E-state index in [0.29, 0.717) is 6.04 Å². The van der Waals surface area contributed by atoms with Crippen LogP contribution in [0.1, 0.15) is 18.4 Å². The van der Waals surface area contributed by atoms with Crippen molar-refractivity contribution in [3.8, 4) is 17.2 Å². The van der Waals surface area contributed by atoms with Gasteiger partial charge in [0.25, 0.3) is 0 Å². The molecule has 110 valence electrons. The molecule has 0 amide bonds. The van der Waals surface area contributed by atoms with Crippen LogP contribution in [0.3, 0.4) is 0 Å². The van der Waals surface area contributed by atoms with E-state index >= 15 is 0 Å². The van der Waals surface area contributed by atoms with E-state index in [1.165, 1.54) is 12.8 Å². The first-order chi connectivity index (χ1) is 10.3. The van der Waals surface area contributed by atoms with E-state index in [2.05, 4.69) is 27.3 Å². The van der Waals surface area contributed by atoms with Gasteiger partial charge in [-0.2, -0.15) is 0 Å². The molecule has 3 nitrogen and oxygen atoms in total. The van der Waals surface area contributed by atoms with Crippen LogP contribution in [0.15, 0.2) is 46.9 Å². The first-order valence-electron chi connectivity index (χ1n) is 7.09. The van der Waals surface area contributed by atoms with Crippen LogP contribution < -0.4 is 14.8 Å². The minimum atomic E-state index is 0.674. The molecule has 1 N–H and O–H groups in total. The molecule has 1 aliphatic carbocycles. The van der Waals surface area contributed by atoms with Crippen molar-refractivity contribution >= 4 is 15.9 Å². The van der Waals surface area contributed by atoms with Gasteiger partial charge in [0.2, 0.25) is 0 Å². The van der Waals surface area contributed by atoms with Crippen molar-refractivity contribution in [1.82, 2.24) is 5.32 Å². The third-order valence-electron chi connectivity index (χ3n) is 3.48. The number of methoxy groups -OCH3 is 1. The number of hydrogen-bond acceptors (Lipinski definition) is 3. The predicted molar refractivity (Wildman–Crippen MR) is 87.1 cm³/mol. The molecule has 0 unspecified atom stereocenters. The molecule has 0 atom stereocenters. The van der Waals surface area contributed by atoms with Crippen LogP contribution in [0.4, 0.5) is 0 Å². The summed E-state index contributed by atoms with van der Waals surface area (Å²) < 4.78 is 12.4. The summed E-state index contributed by atoms with van der Waals surface area (Å²) in [7, 11) is 1.65. The molecule has 0 aromatic heterocycles. The quantitative estimate of drug-likeness (QED) is 0.834. The Morgan fingerprint density at radius 1 is 1.10 bits per heavy atom. The largest absolute Gasteiger partial charge is 0.493 e. The van der Waals surface area contributed by atoms with Crippen LogP contribution in [0.5, 0.6) is 17.2 Å². The lowest BCUT2D eigenvalue weighted by Gasteiger charge is -2.14. The van der Waals surface area contributed by atoms with Crippen molar-refractivity contribution in [3.63, 3.8) is 0 Å². The number of halogens is 1. The summed E-state index contributed by atoms with van der Waals surface area (Å²) in [5.41, 5.74) is 1.15. The second-order valence-corrected chi connectivity index (χ2v) is 6.08. The molecule has 3 rings (SSSR count). The zero-order valence-electron chi connectivity index (χ0n) is 11.9. The van der Waals surface area contributed by atoms with Crippen molar-refractivity contribution in [3.05, 3.63) is 52.5 Å². The Morgan fingerprint density at radius 3 is 2.57 bits per heavy atom. The van der Waals surface area contributed by atoms with Crippen molar-refractivity contribution in [2.24, 2.45) is 0 Å². The summed E-state index contributed by atoms with van der Waals surface area (Å²) in [5, 5.41) is 3.52. The zero-order valence-corrected chi connectivity index (χ0v) is 13.5. The topological polar surface area (TPSA) is 30.5 Å². The summed E-state index contributed by atoms with van der Waals surface area (Å²) in [5.74, 6) is 2.31. The van der Waals surface area contributed by atoms with Gasteiger partial charge in [0, 0.05) is 22.6 Å². The van der Waals surface area contributed by atoms with Crippen LogP contribution in [-0.2, 0) is 6.54 Å². The molecule has 1 aliphatic rings. The Balaban J connectivity index is 1.83. The van der Waals surface area contributed by atoms with Crippen LogP contribution >= 0.6 is 15.9 Å². The first-order valence-corrected chi connectivity index (χ1v) is 7.88. The lowest BCUT2D eigenvalue weighted by atomic mass is 10.2. The number of ether oxygens (including phenoxy) is 2. The lowest BCUT2D eigenvalue weighted by Crippen LogP contribution is -2.15. The van der Waals surface area contributed by atoms with Crippen LogP contribution in [0.2, 0.25) is 0 Å². The highest BCUT2D eigenvalue weighted by atomic mass is 79.9. The Morgan fingerprint density at radius 2 is 1.86 bits per heavy atom. The summed E-state index contributed by atoms with van der Waals surface area (Å²) in [4.78, 5) is 0. The molecule has 2 aromatic carbocycles. The van der Waals surface area contributed by atoms with Gasteiger partial charge < -0.3 is 14.8 Å². The van der Waals surface area contributed by atoms with Gasteiger partial charge in [0.15, 0.2) is 11.5 Å². The molecule has 4 heteroatoms. The fraction of sp³-hybridized carbons (Fsp3) is 0.294. The summed E-state index contributed by atoms with van der Waals surface area (Å²) in [6.07, 6.45) is 2.55. The van der Waals surface area contributed by atoms with Crippen LogP contribution in [-0.4, -0.2) is 13.2 Å². The SMILES string of the molecule is COc1ccccc1Oc1cc(Br)ccc1CNC1CC1. The van der Waals surface area contributed by atoms with E-state index in [1.54, 1.807) is 7.11 Å². The average molecular weight is 348 g/mol. The van der Waals surface area contributed by atoms with Crippen molar-refractivity contribution in [1.29, 1.82) is 0 Å². The third kappa shape index (κ3) is 3.77. The average Bonchev–Trinajstić information content (AvgIpc) is 3.31. The van der Waals surface area contributed by atoms with Gasteiger partial charge in [-0.1, -0.05) is 34.1 Å². The molecule has 1 saturated carbocycles. The van der Waals surface area contributed by atoms with Crippen LogP contribution in [0.25, 0.3) is 0 Å². The molecular formula is C17H18BrNO2. The maximum atomic E-state index is 6.07. The summed E-state index contributed by atoms with van der Waals surface area (Å²) in [6.45, 7) is 0.822. The third-order valence-corrected chi connectivity index (χ3v) is 3.97. The Labute approximate surface area is 133 Å². The number of hydrogen-bond donors (Lipinski definition) is 1. The number of para-hydroxylation sites is 2. The molecule has 0 spiro atoms. The maximum Gasteiger partial charge on any atom is 0.169 e. The van der Waals surface area contributed by atoms with E-state index < -0.39 is 0 Å². The van der Waals surface area contributed by atoms with Crippen molar-refractivity contribution in [2.45, 2.75) is 25.4 Å². The van der Waals surface area contributed by atoms with Crippen molar-refractivity contribution in [2.75, 3.05) is 7.11 Å². The van der Waals surface area contributed by atoms with Gasteiger partial charge in [0.05, 0.1) is 7.11 Å². The van der Waals surface area contributed by atoms with Gasteiger partial charge in [-0.3, -0.25) is 0 Å². The molecule has 0 aliphatic heterocycles. The second kappa shape index (κ2) is 6.50. The highest BCUT2D eigenvalue weighted by Gasteiger charge is 2.20. The van der Waals surface area contributed by atoms with Gasteiger partial charge in [-0.15, -0.1) is 0 Å². The Bertz CT molecular complexity index is 626. The fourth-order valence-electron chi connectivity index (χ4n) is 2.13. The first kappa shape index (κ1) is 14.4. The standard InChI is InChI=1S/C17H18BrNO2/c1-20-15-4-2-3-5-16(15)21-17-10-13(18)7-6-12(17)11-19-14-8-9-14/h2-7,10,14,19H,8-9,11H2,1H3. The zero-order chi connectivity index (χ0) is 14.7. The van der Waals surface area contributed by atoms with Gasteiger partial charge in [-0.25, -0.2) is 0 Å². The summed E-state index contributed by atoms with van der Waals surface area (Å²) in [6, 6.07) is 14.5. The molecular weight excluding hydrogens is 330 g/mol. The molecule has 0 bridgehead atoms. The fourth-order valence-corrected chi connectivity index (χ4v) is 2.47. The normalized spacial score (nSPS) is 14.0. The number of nitrogens with one attached hydrogen (secondary N) is 1. The van der Waals surface area contributed by atoms with E-state index in [0.717, 1.165) is 33.8 Å². The van der Waals surface area contributed by atoms with Gasteiger partial charge in [0.1, 0.15) is 5.75 Å². The smallest absolute Gasteiger partial charge is 0.169 e. The molecule has 0 heterocycles. The van der Waals surface area contributed by atoms with Gasteiger partial charge in [-0.05, 0) is 37.1 Å². The minimum absolute atomic E-state index is 0.674. The van der Waals surface area contributed by atoms with Crippen LogP contribution in [0, 0.1) is 0 Å². The highest BCUT2D eigenvalue weighted by molar-refractivity contribution is 9.10. The van der Waals surface area contributed by atoms with Crippen molar-refractivity contribution < 1.29 is 9.47 Å². The second-order valence-electron chi connectivity index (χ2n) is 5.16. The molecule has 2 aromatic rings. The Hall–Kier alpha value is -1.52. The van der Waals surface area contributed by atoms with E-state index in [-0.39, 0.29) is 0 Å². The van der Waals surface area contributed by atoms with E-state index in [9.17, 15) is 0 Å². The van der Waals surface area contributed by atoms with E-state index in [1.807, 2.05) is 36.4 Å². The molecule has 21 heavy (non-hydrogen) atoms. The summed E-state index contributed by atoms with van der Waals surface area (Å²) >= 11 is 3.51. The highest BCUT2D eigenvalue weighted by Crippen LogP contribution is 2.34. The number of rotatable bonds is 6. The molecule has 0 radical (unpaired) electrons. The lowest BCUT2D eigenvalue weighted by molar-refractivity contribution is 0.377. The Kier molecular flexibility index (Phi) is 4.46. The monoisotopic (exact) mass is 347 g/mol. The molecule has 1 fully saturated rings. The molecule has 0 saturated heterocycles. The maximum absolute atomic E-state index is 6.07.